The topological polar surface area (TPSA) is 31.4 Å². The molecule has 0 bridgehead atoms. The molecule has 3 nitrogen and oxygen atoms in total. The van der Waals surface area contributed by atoms with Crippen LogP contribution in [0.15, 0.2) is 0 Å². The van der Waals surface area contributed by atoms with E-state index in [1.165, 1.54) is 0 Å². The Balaban J connectivity index is -0.000000277. The van der Waals surface area contributed by atoms with Crippen molar-refractivity contribution < 1.29 is 16.8 Å². The van der Waals surface area contributed by atoms with Crippen LogP contribution in [0.4, 0.5) is 0 Å². The van der Waals surface area contributed by atoms with Gasteiger partial charge in [-0.05, 0) is 20.6 Å². The second-order valence-corrected chi connectivity index (χ2v) is 13.0. The number of hydrogen-bond acceptors (Lipinski definition) is 1. The van der Waals surface area contributed by atoms with E-state index in [9.17, 15) is 0 Å². The van der Waals surface area contributed by atoms with Crippen LogP contribution in [0.1, 0.15) is 41.5 Å². The zero-order valence-corrected chi connectivity index (χ0v) is 17.6. The van der Waals surface area contributed by atoms with Gasteiger partial charge in [0.25, 0.3) is 0 Å². The summed E-state index contributed by atoms with van der Waals surface area (Å²) < 4.78 is 0. The maximum atomic E-state index is 4.59. The Morgan fingerprint density at radius 2 is 1.20 bits per heavy atom. The Bertz CT molecular complexity index is 213. The molecule has 0 radical (unpaired) electrons. The predicted molar refractivity (Wildman–Crippen MR) is 93.0 cm³/mol. The summed E-state index contributed by atoms with van der Waals surface area (Å²) in [6, 6.07) is 0. The first-order valence-electron chi connectivity index (χ1n) is 7.20. The molecular formula is C15H37CoN3Si+. The van der Waals surface area contributed by atoms with E-state index in [0.717, 1.165) is 13.1 Å². The average Bonchev–Trinajstić information content (AvgIpc) is 1.92. The zero-order valence-electron chi connectivity index (χ0n) is 15.6. The smallest absolute Gasteiger partial charge is 0.664 e. The zero-order chi connectivity index (χ0) is 15.9. The van der Waals surface area contributed by atoms with Gasteiger partial charge >= 0.3 is 16.8 Å². The van der Waals surface area contributed by atoms with Crippen LogP contribution in [0.3, 0.4) is 0 Å². The average molecular weight is 347 g/mol. The maximum absolute atomic E-state index is 4.59. The molecule has 0 atom stereocenters. The van der Waals surface area contributed by atoms with Crippen LogP contribution in [-0.2, 0) is 16.8 Å². The van der Waals surface area contributed by atoms with Crippen molar-refractivity contribution in [3.63, 3.8) is 0 Å². The third-order valence-electron chi connectivity index (χ3n) is 1.80. The fourth-order valence-corrected chi connectivity index (χ4v) is 2.36. The number of hydrogen-bond donors (Lipinski definition) is 0. The van der Waals surface area contributed by atoms with E-state index in [0.29, 0.717) is 0 Å². The van der Waals surface area contributed by atoms with Crippen LogP contribution in [0.2, 0.25) is 19.6 Å². The van der Waals surface area contributed by atoms with Crippen LogP contribution in [0.5, 0.6) is 0 Å². The molecule has 0 N–H and O–H groups in total. The molecule has 0 unspecified atom stereocenters. The van der Waals surface area contributed by atoms with E-state index in [4.69, 9.17) is 0 Å². The molecule has 20 heavy (non-hydrogen) atoms. The Labute approximate surface area is 139 Å². The first-order chi connectivity index (χ1) is 8.12. The monoisotopic (exact) mass is 346 g/mol. The molecule has 5 heteroatoms. The first-order valence-corrected chi connectivity index (χ1v) is 10.6. The molecule has 0 aromatic heterocycles. The summed E-state index contributed by atoms with van der Waals surface area (Å²) in [6.45, 7) is 21.6. The second-order valence-electron chi connectivity index (χ2n) is 8.31. The summed E-state index contributed by atoms with van der Waals surface area (Å²) in [5, 5.41) is 4.54. The van der Waals surface area contributed by atoms with Gasteiger partial charge in [-0.25, -0.2) is 0 Å². The molecule has 0 aliphatic carbocycles. The molecule has 0 spiro atoms. The number of likely N-dealkylation sites (N-methyl/N-ethyl adjacent to an activating group) is 1. The third-order valence-corrected chi connectivity index (χ3v) is 2.98. The van der Waals surface area contributed by atoms with Crippen molar-refractivity contribution in [3.05, 3.63) is 10.3 Å². The molecule has 0 rings (SSSR count). The van der Waals surface area contributed by atoms with Crippen LogP contribution in [0.25, 0.3) is 10.3 Å². The van der Waals surface area contributed by atoms with E-state index in [2.05, 4.69) is 90.5 Å². The molecular weight excluding hydrogens is 309 g/mol. The van der Waals surface area contributed by atoms with Crippen molar-refractivity contribution in [1.82, 2.24) is 4.90 Å². The maximum Gasteiger partial charge on any atom is 3.00 e. The van der Waals surface area contributed by atoms with Crippen LogP contribution >= 0.6 is 0 Å². The van der Waals surface area contributed by atoms with Crippen molar-refractivity contribution >= 4 is 8.24 Å². The Hall–Kier alpha value is 0.603. The quantitative estimate of drug-likeness (QED) is 0.678. The molecule has 0 fully saturated rings. The minimum atomic E-state index is -1.13. The molecule has 0 aromatic rings. The summed E-state index contributed by atoms with van der Waals surface area (Å²) in [6.07, 6.45) is 0. The summed E-state index contributed by atoms with van der Waals surface area (Å²) >= 11 is 0. The molecule has 0 heterocycles. The summed E-state index contributed by atoms with van der Waals surface area (Å²) in [5.74, 6) is 0. The van der Waals surface area contributed by atoms with E-state index in [1.54, 1.807) is 0 Å². The summed E-state index contributed by atoms with van der Waals surface area (Å²) in [5.41, 5.74) is 0.219. The third kappa shape index (κ3) is 31.2. The Morgan fingerprint density at radius 3 is 1.35 bits per heavy atom. The van der Waals surface area contributed by atoms with Crippen molar-refractivity contribution in [2.24, 2.45) is 0 Å². The number of rotatable bonds is 4. The predicted octanol–water partition coefficient (Wildman–Crippen LogP) is 4.71. The molecule has 124 valence electrons. The normalized spacial score (nSPS) is 12.6. The van der Waals surface area contributed by atoms with E-state index >= 15 is 0 Å². The van der Waals surface area contributed by atoms with E-state index < -0.39 is 8.24 Å². The van der Waals surface area contributed by atoms with Crippen LogP contribution in [-0.4, -0.2) is 51.4 Å². The first kappa shape index (κ1) is 25.6. The SMILES string of the molecule is CC(C)(C)[N-]C(C)(C)C.CN(C)CC[N-][Si](C)(C)C.[Co+3]. The van der Waals surface area contributed by atoms with Gasteiger partial charge in [-0.15, -0.1) is 17.6 Å². The Morgan fingerprint density at radius 1 is 0.850 bits per heavy atom. The molecule has 0 aliphatic rings. The molecule has 0 saturated carbocycles. The van der Waals surface area contributed by atoms with Gasteiger partial charge in [-0.1, -0.05) is 69.4 Å². The van der Waals surface area contributed by atoms with E-state index in [1.807, 2.05) is 0 Å². The van der Waals surface area contributed by atoms with Crippen molar-refractivity contribution in [3.8, 4) is 0 Å². The minimum Gasteiger partial charge on any atom is -0.664 e. The number of nitrogens with zero attached hydrogens (tertiary/aromatic N) is 3. The minimum absolute atomic E-state index is 0. The van der Waals surface area contributed by atoms with Gasteiger partial charge in [-0.2, -0.15) is 0 Å². The van der Waals surface area contributed by atoms with Crippen molar-refractivity contribution in [2.45, 2.75) is 72.3 Å². The summed E-state index contributed by atoms with van der Waals surface area (Å²) in [4.78, 5) is 6.76. The fourth-order valence-electron chi connectivity index (χ4n) is 1.59. The largest absolute Gasteiger partial charge is 3.00 e. The summed E-state index contributed by atoms with van der Waals surface area (Å²) in [7, 11) is 3.04. The molecule has 0 aromatic carbocycles. The molecule has 0 saturated heterocycles. The second kappa shape index (κ2) is 10.3. The van der Waals surface area contributed by atoms with E-state index in [-0.39, 0.29) is 27.9 Å². The van der Waals surface area contributed by atoms with Gasteiger partial charge < -0.3 is 15.2 Å². The van der Waals surface area contributed by atoms with Gasteiger partial charge in [-0.3, -0.25) is 0 Å². The Kier molecular flexibility index (Phi) is 13.2. The van der Waals surface area contributed by atoms with Crippen molar-refractivity contribution in [1.29, 1.82) is 0 Å². The molecule has 0 aliphatic heterocycles. The van der Waals surface area contributed by atoms with Gasteiger partial charge in [0.1, 0.15) is 0 Å². The van der Waals surface area contributed by atoms with Gasteiger partial charge in [0.2, 0.25) is 0 Å². The van der Waals surface area contributed by atoms with Crippen molar-refractivity contribution in [2.75, 3.05) is 27.2 Å². The standard InChI is InChI=1S/C8H18N.C7H19N2Si.Co/c1-7(2,3)9-8(4,5)6;1-9(2)7-6-8-10(3,4)5;/h1-6H3;6-7H2,1-5H3;/q2*-1;+3. The van der Waals surface area contributed by atoms with Gasteiger partial charge in [0.15, 0.2) is 0 Å². The van der Waals surface area contributed by atoms with Gasteiger partial charge in [0, 0.05) is 0 Å². The fraction of sp³-hybridized carbons (Fsp3) is 1.00. The van der Waals surface area contributed by atoms with Gasteiger partial charge in [0.05, 0.1) is 0 Å². The van der Waals surface area contributed by atoms with Crippen LogP contribution in [0, 0.1) is 0 Å². The molecule has 0 amide bonds. The van der Waals surface area contributed by atoms with Crippen LogP contribution < -0.4 is 0 Å².